The quantitative estimate of drug-likeness (QED) is 0.603. The molecule has 0 spiro atoms. The van der Waals surface area contributed by atoms with Gasteiger partial charge in [-0.1, -0.05) is 13.8 Å². The van der Waals surface area contributed by atoms with Crippen molar-refractivity contribution < 1.29 is 0 Å². The third-order valence-corrected chi connectivity index (χ3v) is 4.20. The second-order valence-electron chi connectivity index (χ2n) is 6.08. The fraction of sp³-hybridized carbons (Fsp3) is 1.00. The van der Waals surface area contributed by atoms with Gasteiger partial charge in [-0.15, -0.1) is 0 Å². The van der Waals surface area contributed by atoms with Crippen LogP contribution in [0.3, 0.4) is 0 Å². The molecule has 0 amide bonds. The van der Waals surface area contributed by atoms with Crippen LogP contribution in [0.15, 0.2) is 0 Å². The van der Waals surface area contributed by atoms with Crippen molar-refractivity contribution in [3.8, 4) is 0 Å². The van der Waals surface area contributed by atoms with E-state index in [1.54, 1.807) is 0 Å². The van der Waals surface area contributed by atoms with Crippen LogP contribution in [0.25, 0.3) is 0 Å². The normalized spacial score (nSPS) is 32.8. The van der Waals surface area contributed by atoms with Gasteiger partial charge in [-0.05, 0) is 53.0 Å². The lowest BCUT2D eigenvalue weighted by atomic mass is 9.79. The van der Waals surface area contributed by atoms with Gasteiger partial charge in [0.05, 0.1) is 0 Å². The summed E-state index contributed by atoms with van der Waals surface area (Å²) >= 11 is 0. The highest BCUT2D eigenvalue weighted by Crippen LogP contribution is 2.46. The zero-order valence-electron chi connectivity index (χ0n) is 10.3. The molecule has 13 heavy (non-hydrogen) atoms. The average molecular weight is 183 g/mol. The fourth-order valence-electron chi connectivity index (χ4n) is 3.01. The second kappa shape index (κ2) is 2.98. The summed E-state index contributed by atoms with van der Waals surface area (Å²) < 4.78 is 0. The molecule has 1 nitrogen and oxygen atoms in total. The lowest BCUT2D eigenvalue weighted by molar-refractivity contribution is 0.0902. The zero-order valence-corrected chi connectivity index (χ0v) is 10.3. The summed E-state index contributed by atoms with van der Waals surface area (Å²) in [6.45, 7) is 14.2. The van der Waals surface area contributed by atoms with Crippen molar-refractivity contribution in [3.05, 3.63) is 0 Å². The van der Waals surface area contributed by atoms with Crippen LogP contribution in [-0.4, -0.2) is 23.0 Å². The molecule has 1 aliphatic heterocycles. The summed E-state index contributed by atoms with van der Waals surface area (Å²) in [4.78, 5) is 2.55. The Balaban J connectivity index is 2.93. The topological polar surface area (TPSA) is 3.24 Å². The van der Waals surface area contributed by atoms with Crippen LogP contribution in [-0.2, 0) is 0 Å². The van der Waals surface area contributed by atoms with Crippen molar-refractivity contribution in [2.45, 2.75) is 59.0 Å². The first-order chi connectivity index (χ1) is 5.69. The predicted octanol–water partition coefficient (Wildman–Crippen LogP) is 3.15. The monoisotopic (exact) mass is 183 g/mol. The molecule has 0 aromatic rings. The zero-order chi connectivity index (χ0) is 10.4. The van der Waals surface area contributed by atoms with E-state index in [0.29, 0.717) is 11.1 Å². The molecular formula is C12H25N. The smallest absolute Gasteiger partial charge is 0.0186 e. The van der Waals surface area contributed by atoms with Gasteiger partial charge in [0.2, 0.25) is 0 Å². The molecule has 1 heterocycles. The van der Waals surface area contributed by atoms with Crippen LogP contribution in [0.2, 0.25) is 0 Å². The Hall–Kier alpha value is -0.0400. The van der Waals surface area contributed by atoms with E-state index in [2.05, 4.69) is 53.5 Å². The highest BCUT2D eigenvalue weighted by molar-refractivity contribution is 5.04. The standard InChI is InChI=1S/C12H25N/c1-9(2)10-8-11(3,4)13(7)12(10,5)6/h9-10H,8H2,1-7H3. The van der Waals surface area contributed by atoms with E-state index in [9.17, 15) is 0 Å². The molecule has 1 atom stereocenters. The Bertz CT molecular complexity index is 191. The molecule has 1 heteroatoms. The van der Waals surface area contributed by atoms with E-state index < -0.39 is 0 Å². The molecule has 1 saturated heterocycles. The molecule has 0 aromatic carbocycles. The summed E-state index contributed by atoms with van der Waals surface area (Å²) in [5.41, 5.74) is 0.732. The van der Waals surface area contributed by atoms with E-state index in [0.717, 1.165) is 11.8 Å². The highest BCUT2D eigenvalue weighted by Gasteiger charge is 2.49. The van der Waals surface area contributed by atoms with E-state index in [1.165, 1.54) is 6.42 Å². The van der Waals surface area contributed by atoms with E-state index >= 15 is 0 Å². The maximum absolute atomic E-state index is 2.55. The van der Waals surface area contributed by atoms with Gasteiger partial charge in [-0.2, -0.15) is 0 Å². The average Bonchev–Trinajstić information content (AvgIpc) is 2.11. The summed E-state index contributed by atoms with van der Waals surface area (Å²) in [6.07, 6.45) is 1.33. The van der Waals surface area contributed by atoms with Crippen LogP contribution in [0.1, 0.15) is 48.0 Å². The summed E-state index contributed by atoms with van der Waals surface area (Å²) in [6, 6.07) is 0. The lowest BCUT2D eigenvalue weighted by Crippen LogP contribution is -2.47. The van der Waals surface area contributed by atoms with E-state index in [-0.39, 0.29) is 0 Å². The largest absolute Gasteiger partial charge is 0.296 e. The fourth-order valence-corrected chi connectivity index (χ4v) is 3.01. The molecule has 0 N–H and O–H groups in total. The second-order valence-corrected chi connectivity index (χ2v) is 6.08. The maximum atomic E-state index is 2.55. The van der Waals surface area contributed by atoms with Gasteiger partial charge in [-0.25, -0.2) is 0 Å². The molecule has 1 rings (SSSR count). The summed E-state index contributed by atoms with van der Waals surface area (Å²) in [7, 11) is 2.27. The first kappa shape index (κ1) is 11.0. The molecule has 0 radical (unpaired) electrons. The number of nitrogens with zero attached hydrogens (tertiary/aromatic N) is 1. The number of hydrogen-bond donors (Lipinski definition) is 0. The Morgan fingerprint density at radius 2 is 1.62 bits per heavy atom. The number of rotatable bonds is 1. The minimum atomic E-state index is 0.359. The summed E-state index contributed by atoms with van der Waals surface area (Å²) in [5, 5.41) is 0. The summed E-state index contributed by atoms with van der Waals surface area (Å²) in [5.74, 6) is 1.62. The molecule has 78 valence electrons. The van der Waals surface area contributed by atoms with E-state index in [4.69, 9.17) is 0 Å². The van der Waals surface area contributed by atoms with Gasteiger partial charge in [0.15, 0.2) is 0 Å². The van der Waals surface area contributed by atoms with Crippen LogP contribution >= 0.6 is 0 Å². The van der Waals surface area contributed by atoms with Crippen molar-refractivity contribution in [1.29, 1.82) is 0 Å². The molecule has 0 aromatic heterocycles. The van der Waals surface area contributed by atoms with E-state index in [1.807, 2.05) is 0 Å². The lowest BCUT2D eigenvalue weighted by Gasteiger charge is -2.39. The Kier molecular flexibility index (Phi) is 2.53. The molecule has 0 bridgehead atoms. The highest BCUT2D eigenvalue weighted by atomic mass is 15.3. The van der Waals surface area contributed by atoms with Crippen molar-refractivity contribution in [2.75, 3.05) is 7.05 Å². The SMILES string of the molecule is CC(C)C1CC(C)(C)N(C)C1(C)C. The minimum absolute atomic E-state index is 0.359. The Morgan fingerprint density at radius 1 is 1.15 bits per heavy atom. The van der Waals surface area contributed by atoms with Gasteiger partial charge >= 0.3 is 0 Å². The Labute approximate surface area is 83.5 Å². The van der Waals surface area contributed by atoms with Crippen molar-refractivity contribution in [3.63, 3.8) is 0 Å². The maximum Gasteiger partial charge on any atom is 0.0186 e. The van der Waals surface area contributed by atoms with Crippen molar-refractivity contribution in [2.24, 2.45) is 11.8 Å². The van der Waals surface area contributed by atoms with Crippen molar-refractivity contribution in [1.82, 2.24) is 4.90 Å². The van der Waals surface area contributed by atoms with Gasteiger partial charge in [0, 0.05) is 11.1 Å². The minimum Gasteiger partial charge on any atom is -0.296 e. The third kappa shape index (κ3) is 1.63. The predicted molar refractivity (Wildman–Crippen MR) is 58.9 cm³/mol. The van der Waals surface area contributed by atoms with Crippen LogP contribution < -0.4 is 0 Å². The third-order valence-electron chi connectivity index (χ3n) is 4.20. The molecule has 0 saturated carbocycles. The first-order valence-electron chi connectivity index (χ1n) is 5.43. The first-order valence-corrected chi connectivity index (χ1v) is 5.43. The van der Waals surface area contributed by atoms with Crippen LogP contribution in [0.4, 0.5) is 0 Å². The van der Waals surface area contributed by atoms with Crippen LogP contribution in [0, 0.1) is 11.8 Å². The molecular weight excluding hydrogens is 158 g/mol. The van der Waals surface area contributed by atoms with Crippen molar-refractivity contribution >= 4 is 0 Å². The van der Waals surface area contributed by atoms with Gasteiger partial charge < -0.3 is 0 Å². The molecule has 0 aliphatic carbocycles. The molecule has 1 fully saturated rings. The van der Waals surface area contributed by atoms with Gasteiger partial charge in [-0.3, -0.25) is 4.90 Å². The Morgan fingerprint density at radius 3 is 1.77 bits per heavy atom. The number of hydrogen-bond acceptors (Lipinski definition) is 1. The molecule has 1 unspecified atom stereocenters. The molecule has 1 aliphatic rings. The number of likely N-dealkylation sites (tertiary alicyclic amines) is 1. The van der Waals surface area contributed by atoms with Gasteiger partial charge in [0.1, 0.15) is 0 Å². The van der Waals surface area contributed by atoms with Crippen LogP contribution in [0.5, 0.6) is 0 Å². The van der Waals surface area contributed by atoms with Gasteiger partial charge in [0.25, 0.3) is 0 Å².